The highest BCUT2D eigenvalue weighted by Crippen LogP contribution is 2.15. The van der Waals surface area contributed by atoms with Gasteiger partial charge in [0.25, 0.3) is 5.91 Å². The van der Waals surface area contributed by atoms with E-state index in [2.05, 4.69) is 21.2 Å². The summed E-state index contributed by atoms with van der Waals surface area (Å²) in [6.45, 7) is 3.98. The van der Waals surface area contributed by atoms with Crippen LogP contribution in [-0.2, 0) is 6.42 Å². The molecule has 106 valence electrons. The van der Waals surface area contributed by atoms with Crippen molar-refractivity contribution < 1.29 is 9.21 Å². The molecular formula is C16H18BrNO2. The zero-order valence-corrected chi connectivity index (χ0v) is 13.2. The van der Waals surface area contributed by atoms with Crippen LogP contribution in [0.2, 0.25) is 0 Å². The number of hydrogen-bond donors (Lipinski definition) is 1. The highest BCUT2D eigenvalue weighted by Gasteiger charge is 2.11. The van der Waals surface area contributed by atoms with Gasteiger partial charge in [0.1, 0.15) is 5.76 Å². The van der Waals surface area contributed by atoms with Gasteiger partial charge in [0.15, 0.2) is 0 Å². The standard InChI is InChI=1S/C16H18BrNO2/c1-11-8-13(10-14(17)9-11)16(19)18-12(2)5-6-15-4-3-7-20-15/h3-4,7-10,12H,5-6H2,1-2H3,(H,18,19). The lowest BCUT2D eigenvalue weighted by Gasteiger charge is -2.13. The lowest BCUT2D eigenvalue weighted by atomic mass is 10.1. The van der Waals surface area contributed by atoms with Crippen molar-refractivity contribution in [3.8, 4) is 0 Å². The minimum Gasteiger partial charge on any atom is -0.469 e. The lowest BCUT2D eigenvalue weighted by Crippen LogP contribution is -2.32. The number of rotatable bonds is 5. The van der Waals surface area contributed by atoms with Crippen molar-refractivity contribution in [2.24, 2.45) is 0 Å². The Labute approximate surface area is 127 Å². The van der Waals surface area contributed by atoms with Gasteiger partial charge >= 0.3 is 0 Å². The van der Waals surface area contributed by atoms with Crippen LogP contribution in [0.4, 0.5) is 0 Å². The molecule has 1 unspecified atom stereocenters. The molecule has 0 radical (unpaired) electrons. The maximum absolute atomic E-state index is 12.2. The molecule has 4 heteroatoms. The predicted octanol–water partition coefficient (Wildman–Crippen LogP) is 4.10. The number of halogens is 1. The number of amides is 1. The number of nitrogens with one attached hydrogen (secondary N) is 1. The highest BCUT2D eigenvalue weighted by atomic mass is 79.9. The second kappa shape index (κ2) is 6.75. The van der Waals surface area contributed by atoms with Gasteiger partial charge < -0.3 is 9.73 Å². The molecule has 0 spiro atoms. The second-order valence-electron chi connectivity index (χ2n) is 5.01. The number of carbonyl (C=O) groups is 1. The Hall–Kier alpha value is -1.55. The highest BCUT2D eigenvalue weighted by molar-refractivity contribution is 9.10. The third kappa shape index (κ3) is 4.23. The maximum atomic E-state index is 12.2. The fraction of sp³-hybridized carbons (Fsp3) is 0.312. The maximum Gasteiger partial charge on any atom is 0.251 e. The zero-order chi connectivity index (χ0) is 14.5. The SMILES string of the molecule is Cc1cc(Br)cc(C(=O)NC(C)CCc2ccco2)c1. The first kappa shape index (κ1) is 14.9. The molecule has 2 aromatic rings. The molecule has 3 nitrogen and oxygen atoms in total. The van der Waals surface area contributed by atoms with Crippen LogP contribution in [0.1, 0.15) is 35.0 Å². The molecule has 2 rings (SSSR count). The Bertz CT molecular complexity index is 558. The molecule has 1 aromatic heterocycles. The van der Waals surface area contributed by atoms with E-state index in [1.807, 2.05) is 44.2 Å². The molecule has 1 aromatic carbocycles. The molecule has 1 N–H and O–H groups in total. The van der Waals surface area contributed by atoms with Crippen molar-refractivity contribution in [3.63, 3.8) is 0 Å². The summed E-state index contributed by atoms with van der Waals surface area (Å²) in [6, 6.07) is 9.64. The molecule has 0 fully saturated rings. The third-order valence-electron chi connectivity index (χ3n) is 3.09. The van der Waals surface area contributed by atoms with E-state index in [1.165, 1.54) is 0 Å². The third-order valence-corrected chi connectivity index (χ3v) is 3.54. The van der Waals surface area contributed by atoms with E-state index in [9.17, 15) is 4.79 Å². The summed E-state index contributed by atoms with van der Waals surface area (Å²) in [5.41, 5.74) is 1.74. The van der Waals surface area contributed by atoms with Gasteiger partial charge in [-0.25, -0.2) is 0 Å². The Morgan fingerprint density at radius 2 is 2.20 bits per heavy atom. The Morgan fingerprint density at radius 1 is 1.40 bits per heavy atom. The van der Waals surface area contributed by atoms with Gasteiger partial charge in [-0.1, -0.05) is 15.9 Å². The number of benzene rings is 1. The largest absolute Gasteiger partial charge is 0.469 e. The minimum atomic E-state index is -0.0404. The van der Waals surface area contributed by atoms with Gasteiger partial charge in [-0.2, -0.15) is 0 Å². The summed E-state index contributed by atoms with van der Waals surface area (Å²) < 4.78 is 6.21. The first-order chi connectivity index (χ1) is 9.54. The van der Waals surface area contributed by atoms with E-state index in [0.29, 0.717) is 5.56 Å². The molecule has 0 aliphatic carbocycles. The van der Waals surface area contributed by atoms with Gasteiger partial charge in [0, 0.05) is 22.5 Å². The van der Waals surface area contributed by atoms with E-state index >= 15 is 0 Å². The van der Waals surface area contributed by atoms with Crippen LogP contribution >= 0.6 is 15.9 Å². The number of carbonyl (C=O) groups excluding carboxylic acids is 1. The quantitative estimate of drug-likeness (QED) is 0.893. The summed E-state index contributed by atoms with van der Waals surface area (Å²) in [4.78, 5) is 12.2. The predicted molar refractivity (Wildman–Crippen MR) is 82.8 cm³/mol. The van der Waals surface area contributed by atoms with Crippen molar-refractivity contribution in [1.29, 1.82) is 0 Å². The Kier molecular flexibility index (Phi) is 5.01. The summed E-state index contributed by atoms with van der Waals surface area (Å²) >= 11 is 3.41. The van der Waals surface area contributed by atoms with E-state index in [1.54, 1.807) is 6.26 Å². The number of hydrogen-bond acceptors (Lipinski definition) is 2. The molecule has 0 aliphatic rings. The normalized spacial score (nSPS) is 12.2. The van der Waals surface area contributed by atoms with Crippen molar-refractivity contribution in [3.05, 3.63) is 58.0 Å². The molecule has 1 amide bonds. The van der Waals surface area contributed by atoms with E-state index in [-0.39, 0.29) is 11.9 Å². The molecule has 0 bridgehead atoms. The number of furan rings is 1. The molecule has 20 heavy (non-hydrogen) atoms. The van der Waals surface area contributed by atoms with Crippen molar-refractivity contribution in [1.82, 2.24) is 5.32 Å². The molecule has 1 atom stereocenters. The van der Waals surface area contributed by atoms with Gasteiger partial charge in [-0.3, -0.25) is 4.79 Å². The zero-order valence-electron chi connectivity index (χ0n) is 11.7. The molecule has 1 heterocycles. The molecule has 0 saturated carbocycles. The Morgan fingerprint density at radius 3 is 2.85 bits per heavy atom. The number of aryl methyl sites for hydroxylation is 2. The average molecular weight is 336 g/mol. The van der Waals surface area contributed by atoms with Gasteiger partial charge in [-0.05, 0) is 56.2 Å². The smallest absolute Gasteiger partial charge is 0.251 e. The van der Waals surface area contributed by atoms with Crippen LogP contribution in [0.15, 0.2) is 45.5 Å². The van der Waals surface area contributed by atoms with E-state index in [4.69, 9.17) is 4.42 Å². The Balaban J connectivity index is 1.90. The van der Waals surface area contributed by atoms with Crippen LogP contribution < -0.4 is 5.32 Å². The molecule has 0 saturated heterocycles. The average Bonchev–Trinajstić information content (AvgIpc) is 2.88. The summed E-state index contributed by atoms with van der Waals surface area (Å²) in [5.74, 6) is 0.908. The second-order valence-corrected chi connectivity index (χ2v) is 5.93. The van der Waals surface area contributed by atoms with Gasteiger partial charge in [-0.15, -0.1) is 0 Å². The van der Waals surface area contributed by atoms with Gasteiger partial charge in [0.05, 0.1) is 6.26 Å². The van der Waals surface area contributed by atoms with Crippen molar-refractivity contribution in [2.45, 2.75) is 32.7 Å². The van der Waals surface area contributed by atoms with E-state index < -0.39 is 0 Å². The minimum absolute atomic E-state index is 0.0404. The lowest BCUT2D eigenvalue weighted by molar-refractivity contribution is 0.0938. The summed E-state index contributed by atoms with van der Waals surface area (Å²) in [6.07, 6.45) is 3.35. The van der Waals surface area contributed by atoms with Crippen LogP contribution in [0.5, 0.6) is 0 Å². The van der Waals surface area contributed by atoms with Crippen LogP contribution in [0.3, 0.4) is 0 Å². The first-order valence-corrected chi connectivity index (χ1v) is 7.44. The monoisotopic (exact) mass is 335 g/mol. The summed E-state index contributed by atoms with van der Waals surface area (Å²) in [7, 11) is 0. The van der Waals surface area contributed by atoms with Crippen molar-refractivity contribution in [2.75, 3.05) is 0 Å². The van der Waals surface area contributed by atoms with Crippen LogP contribution in [-0.4, -0.2) is 11.9 Å². The molecule has 0 aliphatic heterocycles. The fourth-order valence-corrected chi connectivity index (χ4v) is 2.67. The first-order valence-electron chi connectivity index (χ1n) is 6.65. The van der Waals surface area contributed by atoms with Gasteiger partial charge in [0.2, 0.25) is 0 Å². The van der Waals surface area contributed by atoms with E-state index in [0.717, 1.165) is 28.6 Å². The van der Waals surface area contributed by atoms with Crippen molar-refractivity contribution >= 4 is 21.8 Å². The van der Waals surface area contributed by atoms with Crippen LogP contribution in [0, 0.1) is 6.92 Å². The summed E-state index contributed by atoms with van der Waals surface area (Å²) in [5, 5.41) is 3.01. The van der Waals surface area contributed by atoms with Crippen LogP contribution in [0.25, 0.3) is 0 Å². The fourth-order valence-electron chi connectivity index (χ4n) is 2.06. The molecular weight excluding hydrogens is 318 g/mol. The topological polar surface area (TPSA) is 42.2 Å².